The zero-order valence-electron chi connectivity index (χ0n) is 11.5. The van der Waals surface area contributed by atoms with E-state index in [1.54, 1.807) is 0 Å². The van der Waals surface area contributed by atoms with Crippen LogP contribution in [-0.2, 0) is 5.33 Å². The molecule has 0 aliphatic carbocycles. The second-order valence-corrected chi connectivity index (χ2v) is 5.71. The van der Waals surface area contributed by atoms with Gasteiger partial charge in [0.1, 0.15) is 0 Å². The molecule has 102 valence electrons. The molecule has 0 saturated heterocycles. The van der Waals surface area contributed by atoms with E-state index in [1.165, 1.54) is 24.1 Å². The van der Waals surface area contributed by atoms with Crippen LogP contribution in [0.25, 0.3) is 0 Å². The van der Waals surface area contributed by atoms with Crippen molar-refractivity contribution in [3.05, 3.63) is 28.8 Å². The normalized spacial score (nSPS) is 12.5. The third-order valence-electron chi connectivity index (χ3n) is 3.37. The fraction of sp³-hybridized carbons (Fsp3) is 0.600. The lowest BCUT2D eigenvalue weighted by Crippen LogP contribution is -2.34. The third kappa shape index (κ3) is 4.17. The smallest absolute Gasteiger partial charge is 0.0410 e. The highest BCUT2D eigenvalue weighted by Gasteiger charge is 2.15. The number of unbranched alkanes of at least 4 members (excludes halogenated alkanes) is 1. The van der Waals surface area contributed by atoms with Gasteiger partial charge in [0.15, 0.2) is 0 Å². The van der Waals surface area contributed by atoms with E-state index in [4.69, 9.17) is 11.6 Å². The summed E-state index contributed by atoms with van der Waals surface area (Å²) < 4.78 is 0. The summed E-state index contributed by atoms with van der Waals surface area (Å²) in [5.41, 5.74) is 2.60. The van der Waals surface area contributed by atoms with Crippen molar-refractivity contribution in [2.24, 2.45) is 0 Å². The molecule has 18 heavy (non-hydrogen) atoms. The molecule has 3 heteroatoms. The molecule has 0 amide bonds. The lowest BCUT2D eigenvalue weighted by Gasteiger charge is -2.32. The van der Waals surface area contributed by atoms with Crippen LogP contribution in [0.15, 0.2) is 18.2 Å². The first-order valence-corrected chi connectivity index (χ1v) is 8.25. The zero-order valence-corrected chi connectivity index (χ0v) is 13.9. The molecule has 1 atom stereocenters. The minimum Gasteiger partial charge on any atom is -0.369 e. The van der Waals surface area contributed by atoms with Crippen molar-refractivity contribution in [3.8, 4) is 0 Å². The van der Waals surface area contributed by atoms with E-state index in [9.17, 15) is 0 Å². The summed E-state index contributed by atoms with van der Waals surface area (Å²) in [5, 5.41) is 1.66. The van der Waals surface area contributed by atoms with Crippen LogP contribution in [0.1, 0.15) is 45.6 Å². The second kappa shape index (κ2) is 8.06. The van der Waals surface area contributed by atoms with Gasteiger partial charge in [0, 0.05) is 28.6 Å². The van der Waals surface area contributed by atoms with Crippen molar-refractivity contribution in [1.29, 1.82) is 0 Å². The molecule has 0 fully saturated rings. The van der Waals surface area contributed by atoms with Gasteiger partial charge in [-0.2, -0.15) is 0 Å². The molecule has 1 aromatic rings. The van der Waals surface area contributed by atoms with Crippen LogP contribution < -0.4 is 4.90 Å². The van der Waals surface area contributed by atoms with E-state index in [1.807, 2.05) is 6.07 Å². The number of hydrogen-bond donors (Lipinski definition) is 0. The van der Waals surface area contributed by atoms with E-state index in [2.05, 4.69) is 53.7 Å². The molecule has 1 aromatic carbocycles. The summed E-state index contributed by atoms with van der Waals surface area (Å²) in [6.07, 6.45) is 3.62. The Hall–Kier alpha value is -0.210. The van der Waals surface area contributed by atoms with Crippen molar-refractivity contribution in [1.82, 2.24) is 0 Å². The minimum atomic E-state index is 0.565. The van der Waals surface area contributed by atoms with Crippen molar-refractivity contribution in [2.75, 3.05) is 11.4 Å². The maximum Gasteiger partial charge on any atom is 0.0410 e. The zero-order chi connectivity index (χ0) is 13.5. The van der Waals surface area contributed by atoms with Crippen molar-refractivity contribution >= 4 is 33.2 Å². The van der Waals surface area contributed by atoms with Crippen molar-refractivity contribution in [3.63, 3.8) is 0 Å². The molecular formula is C15H23BrClN. The van der Waals surface area contributed by atoms with Crippen LogP contribution in [0.3, 0.4) is 0 Å². The summed E-state index contributed by atoms with van der Waals surface area (Å²) in [5.74, 6) is 0. The van der Waals surface area contributed by atoms with Gasteiger partial charge >= 0.3 is 0 Å². The van der Waals surface area contributed by atoms with Gasteiger partial charge in [-0.05, 0) is 43.5 Å². The van der Waals surface area contributed by atoms with Crippen LogP contribution in [0.2, 0.25) is 5.02 Å². The van der Waals surface area contributed by atoms with Gasteiger partial charge < -0.3 is 4.90 Å². The Kier molecular flexibility index (Phi) is 7.10. The van der Waals surface area contributed by atoms with Crippen LogP contribution in [0.4, 0.5) is 5.69 Å². The summed E-state index contributed by atoms with van der Waals surface area (Å²) in [7, 11) is 0. The fourth-order valence-electron chi connectivity index (χ4n) is 2.07. The van der Waals surface area contributed by atoms with Crippen molar-refractivity contribution in [2.45, 2.75) is 51.4 Å². The first-order chi connectivity index (χ1) is 8.63. The number of hydrogen-bond acceptors (Lipinski definition) is 1. The SMILES string of the molecule is CCCCN(c1ccc(Cl)cc1CBr)C(C)CC. The Morgan fingerprint density at radius 2 is 2.06 bits per heavy atom. The molecule has 0 saturated carbocycles. The number of nitrogens with zero attached hydrogens (tertiary/aromatic N) is 1. The highest BCUT2D eigenvalue weighted by molar-refractivity contribution is 9.08. The van der Waals surface area contributed by atoms with E-state index in [-0.39, 0.29) is 0 Å². The van der Waals surface area contributed by atoms with Gasteiger partial charge in [-0.25, -0.2) is 0 Å². The Labute approximate surface area is 125 Å². The molecule has 0 radical (unpaired) electrons. The quantitative estimate of drug-likeness (QED) is 0.584. The van der Waals surface area contributed by atoms with Crippen LogP contribution in [-0.4, -0.2) is 12.6 Å². The molecule has 1 nitrogen and oxygen atoms in total. The Bertz CT molecular complexity index is 368. The second-order valence-electron chi connectivity index (χ2n) is 4.71. The summed E-state index contributed by atoms with van der Waals surface area (Å²) >= 11 is 9.64. The fourth-order valence-corrected chi connectivity index (χ4v) is 2.71. The monoisotopic (exact) mass is 331 g/mol. The Balaban J connectivity index is 3.03. The minimum absolute atomic E-state index is 0.565. The average Bonchev–Trinajstić information content (AvgIpc) is 2.39. The largest absolute Gasteiger partial charge is 0.369 e. The third-order valence-corrected chi connectivity index (χ3v) is 4.21. The molecule has 0 aliphatic heterocycles. The summed E-state index contributed by atoms with van der Waals surface area (Å²) in [4.78, 5) is 2.51. The van der Waals surface area contributed by atoms with E-state index in [0.29, 0.717) is 6.04 Å². The predicted octanol–water partition coefficient (Wildman–Crippen LogP) is 5.64. The summed E-state index contributed by atoms with van der Waals surface area (Å²) in [6.45, 7) is 7.89. The van der Waals surface area contributed by atoms with E-state index >= 15 is 0 Å². The average molecular weight is 333 g/mol. The lowest BCUT2D eigenvalue weighted by molar-refractivity contribution is 0.594. The van der Waals surface area contributed by atoms with E-state index < -0.39 is 0 Å². The Morgan fingerprint density at radius 3 is 2.61 bits per heavy atom. The number of alkyl halides is 1. The molecule has 0 bridgehead atoms. The van der Waals surface area contributed by atoms with Gasteiger partial charge in [0.2, 0.25) is 0 Å². The van der Waals surface area contributed by atoms with Gasteiger partial charge in [0.25, 0.3) is 0 Å². The highest BCUT2D eigenvalue weighted by Crippen LogP contribution is 2.28. The van der Waals surface area contributed by atoms with Crippen LogP contribution in [0, 0.1) is 0 Å². The maximum atomic E-state index is 6.08. The van der Waals surface area contributed by atoms with E-state index in [0.717, 1.165) is 23.3 Å². The van der Waals surface area contributed by atoms with Gasteiger partial charge in [-0.15, -0.1) is 0 Å². The molecule has 0 heterocycles. The number of halogens is 2. The maximum absolute atomic E-state index is 6.08. The molecule has 1 unspecified atom stereocenters. The number of rotatable bonds is 7. The molecule has 0 aliphatic rings. The highest BCUT2D eigenvalue weighted by atomic mass is 79.9. The lowest BCUT2D eigenvalue weighted by atomic mass is 10.1. The van der Waals surface area contributed by atoms with Crippen LogP contribution >= 0.6 is 27.5 Å². The number of benzene rings is 1. The molecule has 0 N–H and O–H groups in total. The first-order valence-electron chi connectivity index (χ1n) is 6.75. The molecular weight excluding hydrogens is 310 g/mol. The molecule has 0 aromatic heterocycles. The number of anilines is 1. The van der Waals surface area contributed by atoms with Gasteiger partial charge in [-0.3, -0.25) is 0 Å². The molecule has 0 spiro atoms. The van der Waals surface area contributed by atoms with Crippen molar-refractivity contribution < 1.29 is 0 Å². The summed E-state index contributed by atoms with van der Waals surface area (Å²) in [6, 6.07) is 6.77. The topological polar surface area (TPSA) is 3.24 Å². The van der Waals surface area contributed by atoms with Gasteiger partial charge in [-0.1, -0.05) is 47.8 Å². The standard InChI is InChI=1S/C15H23BrClN/c1-4-6-9-18(12(3)5-2)15-8-7-14(17)10-13(15)11-16/h7-8,10,12H,4-6,9,11H2,1-3H3. The van der Waals surface area contributed by atoms with Gasteiger partial charge in [0.05, 0.1) is 0 Å². The Morgan fingerprint density at radius 1 is 1.33 bits per heavy atom. The first kappa shape index (κ1) is 15.8. The predicted molar refractivity (Wildman–Crippen MR) is 86.1 cm³/mol. The van der Waals surface area contributed by atoms with Crippen LogP contribution in [0.5, 0.6) is 0 Å². The molecule has 1 rings (SSSR count).